The molecule has 0 saturated heterocycles. The molecule has 3 heterocycles. The van der Waals surface area contributed by atoms with Crippen LogP contribution >= 0.6 is 11.3 Å². The summed E-state index contributed by atoms with van der Waals surface area (Å²) in [5, 5.41) is 5.74. The van der Waals surface area contributed by atoms with Gasteiger partial charge in [0.15, 0.2) is 5.13 Å². The van der Waals surface area contributed by atoms with E-state index in [1.54, 1.807) is 0 Å². The molecule has 1 amide bonds. The molecule has 2 aromatic heterocycles. The molecular weight excluding hydrogens is 358 g/mol. The number of aromatic nitrogens is 3. The topological polar surface area (TPSA) is 71.0 Å². The number of nitrogens with zero attached hydrogens (tertiary/aromatic N) is 4. The second kappa shape index (κ2) is 7.08. The summed E-state index contributed by atoms with van der Waals surface area (Å²) in [6, 6.07) is 10.2. The molecule has 0 aliphatic carbocycles. The second-order valence-corrected chi connectivity index (χ2v) is 7.72. The Morgan fingerprint density at radius 2 is 1.96 bits per heavy atom. The van der Waals surface area contributed by atoms with Crippen molar-refractivity contribution in [3.63, 3.8) is 0 Å². The molecule has 1 N–H and O–H groups in total. The Morgan fingerprint density at radius 3 is 2.74 bits per heavy atom. The number of aryl methyl sites for hydroxylation is 2. The van der Waals surface area contributed by atoms with E-state index in [2.05, 4.69) is 33.3 Å². The van der Waals surface area contributed by atoms with Gasteiger partial charge in [-0.3, -0.25) is 4.79 Å². The van der Waals surface area contributed by atoms with Gasteiger partial charge < -0.3 is 10.2 Å². The number of rotatable bonds is 4. The molecule has 1 aliphatic rings. The van der Waals surface area contributed by atoms with Crippen LogP contribution < -0.4 is 10.2 Å². The number of para-hydroxylation sites is 1. The summed E-state index contributed by atoms with van der Waals surface area (Å²) in [5.41, 5.74) is 4.81. The average Bonchev–Trinajstić information content (AvgIpc) is 3.16. The summed E-state index contributed by atoms with van der Waals surface area (Å²) < 4.78 is 0. The molecule has 4 rings (SSSR count). The van der Waals surface area contributed by atoms with Crippen LogP contribution in [0.2, 0.25) is 0 Å². The molecule has 3 aromatic rings. The van der Waals surface area contributed by atoms with Crippen molar-refractivity contribution in [3.8, 4) is 0 Å². The fraction of sp³-hybridized carbons (Fsp3) is 0.300. The SMILES string of the molecule is Cc1cc(C)nc(Nc2nc(CC(=O)N3c4ccccc4CC3C)cs2)n1. The number of nitrogens with one attached hydrogen (secondary N) is 1. The van der Waals surface area contributed by atoms with E-state index in [1.807, 2.05) is 48.4 Å². The summed E-state index contributed by atoms with van der Waals surface area (Å²) in [7, 11) is 0. The van der Waals surface area contributed by atoms with Crippen LogP contribution in [0.4, 0.5) is 16.8 Å². The first-order valence-electron chi connectivity index (χ1n) is 8.93. The highest BCUT2D eigenvalue weighted by atomic mass is 32.1. The van der Waals surface area contributed by atoms with E-state index in [0.29, 0.717) is 11.1 Å². The van der Waals surface area contributed by atoms with Gasteiger partial charge >= 0.3 is 0 Å². The molecule has 6 nitrogen and oxygen atoms in total. The zero-order valence-electron chi connectivity index (χ0n) is 15.6. The molecule has 138 valence electrons. The van der Waals surface area contributed by atoms with Gasteiger partial charge in [-0.2, -0.15) is 0 Å². The molecule has 7 heteroatoms. The van der Waals surface area contributed by atoms with Crippen molar-refractivity contribution in [2.24, 2.45) is 0 Å². The Balaban J connectivity index is 1.47. The van der Waals surface area contributed by atoms with Crippen LogP contribution in [0.5, 0.6) is 0 Å². The minimum atomic E-state index is 0.0759. The first-order chi connectivity index (χ1) is 13.0. The van der Waals surface area contributed by atoms with Gasteiger partial charge in [-0.25, -0.2) is 15.0 Å². The predicted molar refractivity (Wildman–Crippen MR) is 108 cm³/mol. The number of fused-ring (bicyclic) bond motifs is 1. The number of hydrogen-bond donors (Lipinski definition) is 1. The van der Waals surface area contributed by atoms with E-state index in [0.717, 1.165) is 29.2 Å². The molecule has 1 aliphatic heterocycles. The third-order valence-corrected chi connectivity index (χ3v) is 5.37. The van der Waals surface area contributed by atoms with Crippen LogP contribution in [0.3, 0.4) is 0 Å². The normalized spacial score (nSPS) is 15.7. The molecular formula is C20H21N5OS. The zero-order valence-corrected chi connectivity index (χ0v) is 16.4. The van der Waals surface area contributed by atoms with Crippen LogP contribution in [-0.4, -0.2) is 26.9 Å². The van der Waals surface area contributed by atoms with Crippen molar-refractivity contribution in [2.75, 3.05) is 10.2 Å². The predicted octanol–water partition coefficient (Wildman–Crippen LogP) is 3.81. The van der Waals surface area contributed by atoms with Gasteiger partial charge in [0.05, 0.1) is 12.1 Å². The standard InChI is InChI=1S/C20H21N5OS/c1-12-8-13(2)22-19(21-12)24-20-23-16(11-27-20)10-18(26)25-14(3)9-15-6-4-5-7-17(15)25/h4-8,11,14H,9-10H2,1-3H3,(H,21,22,23,24). The van der Waals surface area contributed by atoms with Crippen molar-refractivity contribution in [1.82, 2.24) is 15.0 Å². The quantitative estimate of drug-likeness (QED) is 0.746. The molecule has 27 heavy (non-hydrogen) atoms. The van der Waals surface area contributed by atoms with Gasteiger partial charge in [0.2, 0.25) is 11.9 Å². The Morgan fingerprint density at radius 1 is 1.22 bits per heavy atom. The van der Waals surface area contributed by atoms with E-state index in [4.69, 9.17) is 0 Å². The van der Waals surface area contributed by atoms with Gasteiger partial charge in [0, 0.05) is 28.5 Å². The van der Waals surface area contributed by atoms with E-state index in [-0.39, 0.29) is 18.4 Å². The number of carbonyl (C=O) groups excluding carboxylic acids is 1. The molecule has 0 fully saturated rings. The van der Waals surface area contributed by atoms with Crippen LogP contribution in [0.25, 0.3) is 0 Å². The Kier molecular flexibility index (Phi) is 4.61. The highest BCUT2D eigenvalue weighted by Crippen LogP contribution is 2.32. The minimum absolute atomic E-state index is 0.0759. The Bertz CT molecular complexity index is 979. The van der Waals surface area contributed by atoms with Crippen molar-refractivity contribution >= 4 is 34.0 Å². The van der Waals surface area contributed by atoms with Crippen molar-refractivity contribution in [1.29, 1.82) is 0 Å². The Hall–Kier alpha value is -2.80. The average molecular weight is 379 g/mol. The smallest absolute Gasteiger partial charge is 0.233 e. The molecule has 0 spiro atoms. The van der Waals surface area contributed by atoms with Crippen molar-refractivity contribution < 1.29 is 4.79 Å². The van der Waals surface area contributed by atoms with Crippen molar-refractivity contribution in [3.05, 3.63) is 58.4 Å². The fourth-order valence-electron chi connectivity index (χ4n) is 3.51. The van der Waals surface area contributed by atoms with Gasteiger partial charge in [0.1, 0.15) is 0 Å². The van der Waals surface area contributed by atoms with E-state index in [1.165, 1.54) is 16.9 Å². The number of thiazole rings is 1. The molecule has 0 saturated carbocycles. The van der Waals surface area contributed by atoms with E-state index >= 15 is 0 Å². The molecule has 0 radical (unpaired) electrons. The summed E-state index contributed by atoms with van der Waals surface area (Å²) in [6.45, 7) is 5.95. The van der Waals surface area contributed by atoms with Crippen LogP contribution in [0.1, 0.15) is 29.6 Å². The number of amides is 1. The van der Waals surface area contributed by atoms with Gasteiger partial charge in [-0.05, 0) is 44.9 Å². The maximum absolute atomic E-state index is 12.9. The van der Waals surface area contributed by atoms with Crippen LogP contribution in [0.15, 0.2) is 35.7 Å². The minimum Gasteiger partial charge on any atom is -0.309 e. The maximum atomic E-state index is 12.9. The first-order valence-corrected chi connectivity index (χ1v) is 9.81. The second-order valence-electron chi connectivity index (χ2n) is 6.87. The molecule has 0 bridgehead atoms. The van der Waals surface area contributed by atoms with Gasteiger partial charge in [-0.15, -0.1) is 11.3 Å². The summed E-state index contributed by atoms with van der Waals surface area (Å²) >= 11 is 1.45. The molecule has 1 aromatic carbocycles. The van der Waals surface area contributed by atoms with Crippen LogP contribution in [0, 0.1) is 13.8 Å². The highest BCUT2D eigenvalue weighted by Gasteiger charge is 2.30. The third kappa shape index (κ3) is 3.68. The van der Waals surface area contributed by atoms with E-state index < -0.39 is 0 Å². The van der Waals surface area contributed by atoms with Gasteiger partial charge in [0.25, 0.3) is 0 Å². The number of carbonyl (C=O) groups is 1. The summed E-state index contributed by atoms with van der Waals surface area (Å²) in [6.07, 6.45) is 1.18. The van der Waals surface area contributed by atoms with Crippen molar-refractivity contribution in [2.45, 2.75) is 39.7 Å². The molecule has 1 unspecified atom stereocenters. The lowest BCUT2D eigenvalue weighted by Gasteiger charge is -2.22. The third-order valence-electron chi connectivity index (χ3n) is 4.56. The lowest BCUT2D eigenvalue weighted by atomic mass is 10.1. The lowest BCUT2D eigenvalue weighted by Crippen LogP contribution is -2.36. The van der Waals surface area contributed by atoms with Gasteiger partial charge in [-0.1, -0.05) is 18.2 Å². The number of benzene rings is 1. The van der Waals surface area contributed by atoms with E-state index in [9.17, 15) is 4.79 Å². The summed E-state index contributed by atoms with van der Waals surface area (Å²) in [4.78, 5) is 28.1. The highest BCUT2D eigenvalue weighted by molar-refractivity contribution is 7.13. The fourth-order valence-corrected chi connectivity index (χ4v) is 4.21. The lowest BCUT2D eigenvalue weighted by molar-refractivity contribution is -0.118. The summed E-state index contributed by atoms with van der Waals surface area (Å²) in [5.74, 6) is 0.605. The zero-order chi connectivity index (χ0) is 19.0. The Labute approximate surface area is 162 Å². The maximum Gasteiger partial charge on any atom is 0.233 e. The number of anilines is 3. The number of hydrogen-bond acceptors (Lipinski definition) is 6. The molecule has 1 atom stereocenters. The van der Waals surface area contributed by atoms with Crippen LogP contribution in [-0.2, 0) is 17.6 Å². The largest absolute Gasteiger partial charge is 0.309 e. The first kappa shape index (κ1) is 17.6. The monoisotopic (exact) mass is 379 g/mol.